The van der Waals surface area contributed by atoms with E-state index in [-0.39, 0.29) is 0 Å². The summed E-state index contributed by atoms with van der Waals surface area (Å²) in [5, 5.41) is 8.77. The fourth-order valence-corrected chi connectivity index (χ4v) is 0.571. The standard InChI is InChI=1S/C8H13NO2/c1-8(2,3)6(5-9)7(10)11-4/h6H,1-4H3/i4D3,6D. The lowest BCUT2D eigenvalue weighted by molar-refractivity contribution is -0.146. The van der Waals surface area contributed by atoms with E-state index in [1.54, 1.807) is 0 Å². The Morgan fingerprint density at radius 1 is 1.82 bits per heavy atom. The lowest BCUT2D eigenvalue weighted by Gasteiger charge is -2.21. The van der Waals surface area contributed by atoms with E-state index in [0.29, 0.717) is 0 Å². The summed E-state index contributed by atoms with van der Waals surface area (Å²) in [6.07, 6.45) is 0. The van der Waals surface area contributed by atoms with E-state index in [2.05, 4.69) is 4.74 Å². The van der Waals surface area contributed by atoms with Gasteiger partial charge in [0.2, 0.25) is 0 Å². The molecule has 0 N–H and O–H groups in total. The summed E-state index contributed by atoms with van der Waals surface area (Å²) in [5.41, 5.74) is -1.02. The van der Waals surface area contributed by atoms with Gasteiger partial charge in [-0.1, -0.05) is 20.8 Å². The Kier molecular flexibility index (Phi) is 1.46. The Morgan fingerprint density at radius 3 is 2.64 bits per heavy atom. The van der Waals surface area contributed by atoms with E-state index in [0.717, 1.165) is 0 Å². The van der Waals surface area contributed by atoms with Crippen molar-refractivity contribution in [3.8, 4) is 6.07 Å². The van der Waals surface area contributed by atoms with Crippen molar-refractivity contribution in [2.75, 3.05) is 7.04 Å². The first-order chi connectivity index (χ1) is 6.44. The summed E-state index contributed by atoms with van der Waals surface area (Å²) in [6, 6.07) is 1.48. The Hall–Kier alpha value is -1.04. The van der Waals surface area contributed by atoms with Crippen LogP contribution in [0.5, 0.6) is 0 Å². The quantitative estimate of drug-likeness (QED) is 0.542. The SMILES string of the molecule is [2H]C([2H])([2H])OC(=O)C([2H])(C#N)C(C)(C)C. The lowest BCUT2D eigenvalue weighted by Crippen LogP contribution is -2.28. The lowest BCUT2D eigenvalue weighted by atomic mass is 9.82. The number of methoxy groups -OCH3 is 1. The van der Waals surface area contributed by atoms with E-state index >= 15 is 0 Å². The van der Waals surface area contributed by atoms with Gasteiger partial charge in [-0.3, -0.25) is 4.79 Å². The molecule has 0 radical (unpaired) electrons. The number of hydrogen-bond acceptors (Lipinski definition) is 3. The summed E-state index contributed by atoms with van der Waals surface area (Å²) >= 11 is 0. The monoisotopic (exact) mass is 159 g/mol. The van der Waals surface area contributed by atoms with Gasteiger partial charge in [0.25, 0.3) is 0 Å². The molecule has 0 aliphatic carbocycles. The van der Waals surface area contributed by atoms with Crippen molar-refractivity contribution in [3.63, 3.8) is 0 Å². The molecule has 0 bridgehead atoms. The summed E-state index contributed by atoms with van der Waals surface area (Å²) in [6.45, 7) is 4.47. The highest BCUT2D eigenvalue weighted by Crippen LogP contribution is 2.25. The van der Waals surface area contributed by atoms with E-state index in [1.165, 1.54) is 26.8 Å². The summed E-state index contributed by atoms with van der Waals surface area (Å²) < 4.78 is 31.9. The minimum atomic E-state index is -2.93. The minimum Gasteiger partial charge on any atom is -0.468 e. The second kappa shape index (κ2) is 3.38. The van der Waals surface area contributed by atoms with Gasteiger partial charge in [-0.2, -0.15) is 5.26 Å². The fraction of sp³-hybridized carbons (Fsp3) is 0.750. The zero-order valence-corrected chi connectivity index (χ0v) is 6.76. The molecule has 3 heteroatoms. The molecule has 0 aromatic heterocycles. The van der Waals surface area contributed by atoms with Crippen LogP contribution in [0, 0.1) is 22.6 Å². The van der Waals surface area contributed by atoms with Gasteiger partial charge < -0.3 is 4.74 Å². The van der Waals surface area contributed by atoms with Gasteiger partial charge in [0.05, 0.1) is 18.6 Å². The predicted molar refractivity (Wildman–Crippen MR) is 40.6 cm³/mol. The molecular weight excluding hydrogens is 142 g/mol. The molecule has 0 aliphatic rings. The minimum absolute atomic E-state index is 1.02. The van der Waals surface area contributed by atoms with E-state index < -0.39 is 24.3 Å². The smallest absolute Gasteiger partial charge is 0.323 e. The van der Waals surface area contributed by atoms with Crippen LogP contribution in [-0.4, -0.2) is 13.0 Å². The van der Waals surface area contributed by atoms with Crippen molar-refractivity contribution in [2.24, 2.45) is 11.3 Å². The van der Waals surface area contributed by atoms with E-state index in [4.69, 9.17) is 10.7 Å². The maximum absolute atomic E-state index is 11.4. The van der Waals surface area contributed by atoms with Gasteiger partial charge in [-0.05, 0) is 5.41 Å². The first kappa shape index (κ1) is 4.76. The highest BCUT2D eigenvalue weighted by atomic mass is 16.5. The molecule has 1 atom stereocenters. The number of nitrogens with zero attached hydrogens (tertiary/aromatic N) is 1. The van der Waals surface area contributed by atoms with E-state index in [9.17, 15) is 4.79 Å². The average molecular weight is 159 g/mol. The zero-order chi connectivity index (χ0) is 12.5. The Morgan fingerprint density at radius 2 is 2.36 bits per heavy atom. The number of nitriles is 1. The Labute approximate surface area is 72.6 Å². The van der Waals surface area contributed by atoms with Crippen LogP contribution in [0.25, 0.3) is 0 Å². The highest BCUT2D eigenvalue weighted by Gasteiger charge is 2.31. The largest absolute Gasteiger partial charge is 0.468 e. The molecule has 62 valence electrons. The van der Waals surface area contributed by atoms with Crippen LogP contribution in [0.3, 0.4) is 0 Å². The van der Waals surface area contributed by atoms with E-state index in [1.807, 2.05) is 0 Å². The summed E-state index contributed by atoms with van der Waals surface area (Å²) in [7, 11) is -2.93. The van der Waals surface area contributed by atoms with Gasteiger partial charge in [-0.15, -0.1) is 0 Å². The molecular formula is C8H13NO2. The van der Waals surface area contributed by atoms with Crippen LogP contribution in [0.1, 0.15) is 26.3 Å². The third-order valence-electron chi connectivity index (χ3n) is 1.16. The number of ether oxygens (including phenoxy) is 1. The van der Waals surface area contributed by atoms with Gasteiger partial charge in [-0.25, -0.2) is 0 Å². The van der Waals surface area contributed by atoms with Crippen molar-refractivity contribution in [1.29, 1.82) is 5.26 Å². The molecule has 0 spiro atoms. The van der Waals surface area contributed by atoms with Crippen LogP contribution in [-0.2, 0) is 9.53 Å². The van der Waals surface area contributed by atoms with Crippen LogP contribution in [0.2, 0.25) is 0 Å². The van der Waals surface area contributed by atoms with Crippen molar-refractivity contribution in [1.82, 2.24) is 0 Å². The molecule has 0 saturated carbocycles. The van der Waals surface area contributed by atoms with Crippen LogP contribution < -0.4 is 0 Å². The number of carbonyl (C=O) groups excluding carboxylic acids is 1. The second-order valence-electron chi connectivity index (χ2n) is 3.13. The van der Waals surface area contributed by atoms with Gasteiger partial charge >= 0.3 is 5.97 Å². The molecule has 3 nitrogen and oxygen atoms in total. The maximum Gasteiger partial charge on any atom is 0.323 e. The number of esters is 1. The van der Waals surface area contributed by atoms with Crippen molar-refractivity contribution in [2.45, 2.75) is 20.8 Å². The molecule has 0 aromatic rings. The molecule has 0 fully saturated rings. The van der Waals surface area contributed by atoms with Crippen LogP contribution in [0.4, 0.5) is 0 Å². The molecule has 0 aliphatic heterocycles. The predicted octanol–water partition coefficient (Wildman–Crippen LogP) is 1.35. The number of hydrogen-bond donors (Lipinski definition) is 0. The third-order valence-corrected chi connectivity index (χ3v) is 1.16. The van der Waals surface area contributed by atoms with Crippen molar-refractivity contribution in [3.05, 3.63) is 0 Å². The topological polar surface area (TPSA) is 50.1 Å². The molecule has 0 heterocycles. The highest BCUT2D eigenvalue weighted by molar-refractivity contribution is 5.75. The van der Waals surface area contributed by atoms with Crippen molar-refractivity contribution >= 4 is 5.97 Å². The summed E-state index contributed by atoms with van der Waals surface area (Å²) in [5.74, 6) is -3.57. The maximum atomic E-state index is 11.4. The molecule has 0 amide bonds. The van der Waals surface area contributed by atoms with Crippen LogP contribution >= 0.6 is 0 Å². The second-order valence-corrected chi connectivity index (χ2v) is 3.13. The number of carbonyl (C=O) groups is 1. The molecule has 1 unspecified atom stereocenters. The Balaban J connectivity index is 5.03. The molecule has 0 rings (SSSR count). The van der Waals surface area contributed by atoms with Crippen molar-refractivity contribution < 1.29 is 15.0 Å². The first-order valence-electron chi connectivity index (χ1n) is 5.09. The fourth-order valence-electron chi connectivity index (χ4n) is 0.571. The van der Waals surface area contributed by atoms with Crippen LogP contribution in [0.15, 0.2) is 0 Å². The van der Waals surface area contributed by atoms with Gasteiger partial charge in [0.1, 0.15) is 5.89 Å². The molecule has 0 aromatic carbocycles. The average Bonchev–Trinajstić information content (AvgIpc) is 1.97. The normalized spacial score (nSPS) is 22.7. The first-order valence-corrected chi connectivity index (χ1v) is 3.09. The van der Waals surface area contributed by atoms with Gasteiger partial charge in [0, 0.05) is 0 Å². The van der Waals surface area contributed by atoms with Gasteiger partial charge in [0.15, 0.2) is 0 Å². The zero-order valence-electron chi connectivity index (χ0n) is 10.8. The molecule has 11 heavy (non-hydrogen) atoms. The third kappa shape index (κ3) is 2.58. The molecule has 0 saturated heterocycles. The Bertz CT molecular complexity index is 299. The number of rotatable bonds is 1. The summed E-state index contributed by atoms with van der Waals surface area (Å²) in [4.78, 5) is 11.4.